The van der Waals surface area contributed by atoms with Gasteiger partial charge in [0.15, 0.2) is 5.65 Å². The number of carbonyl (C=O) groups excluding carboxylic acids is 1. The summed E-state index contributed by atoms with van der Waals surface area (Å²) in [6, 6.07) is 4.10. The molecule has 2 aromatic heterocycles. The normalized spacial score (nSPS) is 19.6. The first-order valence-corrected chi connectivity index (χ1v) is 7.47. The zero-order chi connectivity index (χ0) is 13.5. The number of pyridine rings is 1. The van der Waals surface area contributed by atoms with Crippen molar-refractivity contribution in [1.82, 2.24) is 19.9 Å². The topological polar surface area (TPSA) is 59.3 Å². The first-order valence-electron chi connectivity index (χ1n) is 7.47. The molecule has 0 saturated heterocycles. The summed E-state index contributed by atoms with van der Waals surface area (Å²) >= 11 is 0. The molecule has 2 heterocycles. The molecule has 0 bridgehead atoms. The number of fused-ring (bicyclic) bond motifs is 1. The fraction of sp³-hybridized carbons (Fsp3) is 0.533. The summed E-state index contributed by atoms with van der Waals surface area (Å²) in [5, 5.41) is 11.6. The lowest BCUT2D eigenvalue weighted by molar-refractivity contribution is 0.0950. The second kappa shape index (κ2) is 4.58. The zero-order valence-corrected chi connectivity index (χ0v) is 11.4. The molecule has 1 N–H and O–H groups in total. The minimum atomic E-state index is 0.0143. The minimum Gasteiger partial charge on any atom is -0.349 e. The molecule has 2 aromatic rings. The van der Waals surface area contributed by atoms with Crippen LogP contribution in [0, 0.1) is 0 Å². The summed E-state index contributed by atoms with van der Waals surface area (Å²) in [7, 11) is 0. The number of carbonyl (C=O) groups is 1. The Hall–Kier alpha value is -1.91. The zero-order valence-electron chi connectivity index (χ0n) is 11.4. The largest absolute Gasteiger partial charge is 0.349 e. The van der Waals surface area contributed by atoms with E-state index in [1.807, 2.05) is 22.7 Å². The maximum absolute atomic E-state index is 12.1. The van der Waals surface area contributed by atoms with Crippen molar-refractivity contribution in [2.45, 2.75) is 50.5 Å². The van der Waals surface area contributed by atoms with Crippen molar-refractivity contribution in [3.05, 3.63) is 29.7 Å². The predicted octanol–water partition coefficient (Wildman–Crippen LogP) is 2.28. The van der Waals surface area contributed by atoms with Gasteiger partial charge in [-0.15, -0.1) is 10.2 Å². The number of aromatic nitrogens is 3. The molecule has 20 heavy (non-hydrogen) atoms. The molecule has 0 spiro atoms. The van der Waals surface area contributed by atoms with Crippen molar-refractivity contribution in [1.29, 1.82) is 0 Å². The van der Waals surface area contributed by atoms with Gasteiger partial charge in [-0.2, -0.15) is 0 Å². The van der Waals surface area contributed by atoms with Crippen molar-refractivity contribution < 1.29 is 4.79 Å². The van der Waals surface area contributed by atoms with Crippen molar-refractivity contribution in [2.75, 3.05) is 0 Å². The molecule has 2 aliphatic rings. The van der Waals surface area contributed by atoms with E-state index in [9.17, 15) is 4.79 Å². The summed E-state index contributed by atoms with van der Waals surface area (Å²) in [5.74, 6) is 1.52. The second-order valence-corrected chi connectivity index (χ2v) is 5.93. The lowest BCUT2D eigenvalue weighted by Crippen LogP contribution is -2.25. The molecule has 5 nitrogen and oxygen atoms in total. The summed E-state index contributed by atoms with van der Waals surface area (Å²) in [5.41, 5.74) is 1.53. The van der Waals surface area contributed by atoms with E-state index in [4.69, 9.17) is 0 Å². The highest BCUT2D eigenvalue weighted by molar-refractivity contribution is 5.94. The van der Waals surface area contributed by atoms with Crippen LogP contribution in [-0.4, -0.2) is 26.5 Å². The average Bonchev–Trinajstić information content (AvgIpc) is 2.97. The van der Waals surface area contributed by atoms with E-state index in [2.05, 4.69) is 15.5 Å². The predicted molar refractivity (Wildman–Crippen MR) is 74.7 cm³/mol. The molecule has 2 fully saturated rings. The maximum Gasteiger partial charge on any atom is 0.252 e. The number of nitrogens with zero attached hydrogens (tertiary/aromatic N) is 3. The number of amides is 1. The van der Waals surface area contributed by atoms with E-state index in [0.717, 1.165) is 24.3 Å². The molecule has 104 valence electrons. The third-order valence-corrected chi connectivity index (χ3v) is 4.32. The Morgan fingerprint density at radius 3 is 2.70 bits per heavy atom. The Balaban J connectivity index is 1.69. The minimum absolute atomic E-state index is 0.0143. The van der Waals surface area contributed by atoms with Gasteiger partial charge >= 0.3 is 0 Å². The first kappa shape index (κ1) is 11.9. The van der Waals surface area contributed by atoms with E-state index in [1.165, 1.54) is 25.7 Å². The number of nitrogens with one attached hydrogen (secondary N) is 1. The van der Waals surface area contributed by atoms with Gasteiger partial charge < -0.3 is 5.32 Å². The van der Waals surface area contributed by atoms with Crippen LogP contribution in [0.5, 0.6) is 0 Å². The molecule has 2 saturated carbocycles. The lowest BCUT2D eigenvalue weighted by Gasteiger charge is -2.08. The standard InChI is InChI=1S/C15H18N4O/c20-15(16-12-6-7-12)11-5-8-13-17-18-14(19(13)9-11)10-3-1-2-4-10/h5,8-10,12H,1-4,6-7H2,(H,16,20). The molecule has 1 amide bonds. The van der Waals surface area contributed by atoms with Crippen LogP contribution in [0.2, 0.25) is 0 Å². The van der Waals surface area contributed by atoms with Crippen LogP contribution in [0.3, 0.4) is 0 Å². The molecular weight excluding hydrogens is 252 g/mol. The Bertz CT molecular complexity index is 653. The highest BCUT2D eigenvalue weighted by Crippen LogP contribution is 2.33. The van der Waals surface area contributed by atoms with Crippen LogP contribution in [0.15, 0.2) is 18.3 Å². The lowest BCUT2D eigenvalue weighted by atomic mass is 10.1. The molecule has 0 aliphatic heterocycles. The van der Waals surface area contributed by atoms with Gasteiger partial charge in [-0.3, -0.25) is 9.20 Å². The third-order valence-electron chi connectivity index (χ3n) is 4.32. The Morgan fingerprint density at radius 2 is 1.95 bits per heavy atom. The average molecular weight is 270 g/mol. The van der Waals surface area contributed by atoms with Crippen LogP contribution in [0.1, 0.15) is 60.6 Å². The van der Waals surface area contributed by atoms with Crippen LogP contribution in [0.4, 0.5) is 0 Å². The van der Waals surface area contributed by atoms with Gasteiger partial charge in [0.25, 0.3) is 5.91 Å². The van der Waals surface area contributed by atoms with E-state index >= 15 is 0 Å². The van der Waals surface area contributed by atoms with E-state index in [0.29, 0.717) is 17.5 Å². The first-order chi connectivity index (χ1) is 9.81. The van der Waals surface area contributed by atoms with Crippen molar-refractivity contribution >= 4 is 11.6 Å². The molecule has 0 atom stereocenters. The summed E-state index contributed by atoms with van der Waals surface area (Å²) in [6.45, 7) is 0. The Morgan fingerprint density at radius 1 is 1.15 bits per heavy atom. The van der Waals surface area contributed by atoms with Gasteiger partial charge in [0, 0.05) is 18.2 Å². The van der Waals surface area contributed by atoms with E-state index in [-0.39, 0.29) is 5.91 Å². The number of rotatable bonds is 3. The van der Waals surface area contributed by atoms with Crippen LogP contribution in [-0.2, 0) is 0 Å². The molecule has 0 unspecified atom stereocenters. The summed E-state index contributed by atoms with van der Waals surface area (Å²) in [4.78, 5) is 12.1. The molecule has 4 rings (SSSR count). The Labute approximate surface area is 117 Å². The third kappa shape index (κ3) is 2.07. The van der Waals surface area contributed by atoms with Crippen LogP contribution < -0.4 is 5.32 Å². The van der Waals surface area contributed by atoms with E-state index in [1.54, 1.807) is 0 Å². The van der Waals surface area contributed by atoms with Gasteiger partial charge in [-0.25, -0.2) is 0 Å². The SMILES string of the molecule is O=C(NC1CC1)c1ccc2nnc(C3CCCC3)n2c1. The fourth-order valence-electron chi connectivity index (χ4n) is 3.00. The molecular formula is C15H18N4O. The smallest absolute Gasteiger partial charge is 0.252 e. The Kier molecular flexibility index (Phi) is 2.72. The monoisotopic (exact) mass is 270 g/mol. The van der Waals surface area contributed by atoms with Gasteiger partial charge in [0.1, 0.15) is 5.82 Å². The van der Waals surface area contributed by atoms with Crippen molar-refractivity contribution in [3.63, 3.8) is 0 Å². The summed E-state index contributed by atoms with van der Waals surface area (Å²) in [6.07, 6.45) is 8.99. The highest BCUT2D eigenvalue weighted by Gasteiger charge is 2.25. The van der Waals surface area contributed by atoms with Crippen molar-refractivity contribution in [3.8, 4) is 0 Å². The summed E-state index contributed by atoms with van der Waals surface area (Å²) < 4.78 is 2.00. The van der Waals surface area contributed by atoms with Gasteiger partial charge in [-0.1, -0.05) is 12.8 Å². The molecule has 0 aromatic carbocycles. The molecule has 5 heteroatoms. The maximum atomic E-state index is 12.1. The quantitative estimate of drug-likeness (QED) is 0.930. The van der Waals surface area contributed by atoms with Crippen molar-refractivity contribution in [2.24, 2.45) is 0 Å². The van der Waals surface area contributed by atoms with E-state index < -0.39 is 0 Å². The van der Waals surface area contributed by atoms with Crippen LogP contribution >= 0.6 is 0 Å². The highest BCUT2D eigenvalue weighted by atomic mass is 16.1. The van der Waals surface area contributed by atoms with Gasteiger partial charge in [-0.05, 0) is 37.8 Å². The van der Waals surface area contributed by atoms with Gasteiger partial charge in [0.2, 0.25) is 0 Å². The second-order valence-electron chi connectivity index (χ2n) is 5.93. The fourth-order valence-corrected chi connectivity index (χ4v) is 3.00. The molecule has 0 radical (unpaired) electrons. The van der Waals surface area contributed by atoms with Crippen LogP contribution in [0.25, 0.3) is 5.65 Å². The van der Waals surface area contributed by atoms with Gasteiger partial charge in [0.05, 0.1) is 5.56 Å². The molecule has 2 aliphatic carbocycles. The number of hydrogen-bond acceptors (Lipinski definition) is 3. The number of hydrogen-bond donors (Lipinski definition) is 1.